The standard InChI is InChI=1S/C23H22N2O4/c1-28-21-14-17-12-13-24(18-8-10-19(11-9-18)25(26)27)23(16-6-4-3-5-7-16)20(17)15-22(21)29-2/h3-11,14-15,23H,12-13H2,1-2H3. The summed E-state index contributed by atoms with van der Waals surface area (Å²) in [5.41, 5.74) is 4.56. The summed E-state index contributed by atoms with van der Waals surface area (Å²) in [6.07, 6.45) is 0.843. The number of rotatable bonds is 5. The first-order valence-electron chi connectivity index (χ1n) is 9.43. The summed E-state index contributed by atoms with van der Waals surface area (Å²) in [5, 5.41) is 11.0. The van der Waals surface area contributed by atoms with Crippen LogP contribution in [-0.4, -0.2) is 25.7 Å². The lowest BCUT2D eigenvalue weighted by Gasteiger charge is -2.39. The Bertz CT molecular complexity index is 1020. The number of methoxy groups -OCH3 is 2. The molecule has 0 aromatic heterocycles. The molecule has 6 nitrogen and oxygen atoms in total. The van der Waals surface area contributed by atoms with Crippen LogP contribution in [-0.2, 0) is 6.42 Å². The van der Waals surface area contributed by atoms with Crippen molar-refractivity contribution in [3.63, 3.8) is 0 Å². The van der Waals surface area contributed by atoms with Gasteiger partial charge in [0.05, 0.1) is 25.2 Å². The first-order chi connectivity index (χ1) is 14.1. The van der Waals surface area contributed by atoms with Crippen molar-refractivity contribution in [3.8, 4) is 11.5 Å². The molecule has 29 heavy (non-hydrogen) atoms. The van der Waals surface area contributed by atoms with E-state index in [1.54, 1.807) is 26.4 Å². The van der Waals surface area contributed by atoms with Gasteiger partial charge in [0.1, 0.15) is 0 Å². The van der Waals surface area contributed by atoms with Crippen molar-refractivity contribution in [3.05, 3.63) is 93.5 Å². The summed E-state index contributed by atoms with van der Waals surface area (Å²) in [6.45, 7) is 0.792. The van der Waals surface area contributed by atoms with E-state index < -0.39 is 0 Å². The van der Waals surface area contributed by atoms with Gasteiger partial charge in [0.2, 0.25) is 0 Å². The molecule has 0 spiro atoms. The van der Waals surface area contributed by atoms with Gasteiger partial charge in [0.25, 0.3) is 5.69 Å². The number of fused-ring (bicyclic) bond motifs is 1. The topological polar surface area (TPSA) is 64.8 Å². The molecule has 4 rings (SSSR count). The van der Waals surface area contributed by atoms with E-state index >= 15 is 0 Å². The lowest BCUT2D eigenvalue weighted by molar-refractivity contribution is -0.384. The number of hydrogen-bond acceptors (Lipinski definition) is 5. The van der Waals surface area contributed by atoms with Crippen molar-refractivity contribution >= 4 is 11.4 Å². The average molecular weight is 390 g/mol. The Morgan fingerprint density at radius 1 is 0.966 bits per heavy atom. The largest absolute Gasteiger partial charge is 0.493 e. The molecule has 0 saturated carbocycles. The maximum absolute atomic E-state index is 11.0. The quantitative estimate of drug-likeness (QED) is 0.464. The summed E-state index contributed by atoms with van der Waals surface area (Å²) in [4.78, 5) is 12.9. The molecular weight excluding hydrogens is 368 g/mol. The highest BCUT2D eigenvalue weighted by molar-refractivity contribution is 5.60. The molecule has 1 atom stereocenters. The number of hydrogen-bond donors (Lipinski definition) is 0. The predicted molar refractivity (Wildman–Crippen MR) is 112 cm³/mol. The molecule has 0 aliphatic carbocycles. The van der Waals surface area contributed by atoms with Crippen LogP contribution in [0.4, 0.5) is 11.4 Å². The number of anilines is 1. The van der Waals surface area contributed by atoms with Crippen molar-refractivity contribution in [1.29, 1.82) is 0 Å². The molecule has 1 unspecified atom stereocenters. The van der Waals surface area contributed by atoms with E-state index in [0.717, 1.165) is 35.5 Å². The van der Waals surface area contributed by atoms with Crippen LogP contribution in [0.5, 0.6) is 11.5 Å². The highest BCUT2D eigenvalue weighted by Crippen LogP contribution is 2.42. The lowest BCUT2D eigenvalue weighted by atomic mass is 9.87. The Morgan fingerprint density at radius 3 is 2.24 bits per heavy atom. The Kier molecular flexibility index (Phi) is 5.08. The van der Waals surface area contributed by atoms with Gasteiger partial charge in [-0.3, -0.25) is 10.1 Å². The Balaban J connectivity index is 1.84. The number of benzene rings is 3. The van der Waals surface area contributed by atoms with E-state index in [0.29, 0.717) is 5.75 Å². The van der Waals surface area contributed by atoms with Crippen LogP contribution in [0, 0.1) is 10.1 Å². The zero-order chi connectivity index (χ0) is 20.4. The van der Waals surface area contributed by atoms with Crippen LogP contribution in [0.15, 0.2) is 66.7 Å². The minimum absolute atomic E-state index is 0.0267. The molecule has 0 saturated heterocycles. The fraction of sp³-hybridized carbons (Fsp3) is 0.217. The van der Waals surface area contributed by atoms with E-state index in [-0.39, 0.29) is 16.7 Å². The third-order valence-electron chi connectivity index (χ3n) is 5.38. The minimum atomic E-state index is -0.374. The molecule has 0 amide bonds. The normalized spacial score (nSPS) is 15.5. The monoisotopic (exact) mass is 390 g/mol. The van der Waals surface area contributed by atoms with Crippen LogP contribution >= 0.6 is 0 Å². The maximum Gasteiger partial charge on any atom is 0.269 e. The second-order valence-electron chi connectivity index (χ2n) is 6.94. The Hall–Kier alpha value is -3.54. The average Bonchev–Trinajstić information content (AvgIpc) is 2.77. The van der Waals surface area contributed by atoms with Crippen LogP contribution in [0.3, 0.4) is 0 Å². The first kappa shape index (κ1) is 18.8. The summed E-state index contributed by atoms with van der Waals surface area (Å²) >= 11 is 0. The number of non-ortho nitro benzene ring substituents is 1. The second-order valence-corrected chi connectivity index (χ2v) is 6.94. The van der Waals surface area contributed by atoms with E-state index in [4.69, 9.17) is 9.47 Å². The van der Waals surface area contributed by atoms with Crippen molar-refractivity contribution in [2.75, 3.05) is 25.7 Å². The number of nitrogens with zero attached hydrogens (tertiary/aromatic N) is 2. The fourth-order valence-electron chi connectivity index (χ4n) is 3.98. The predicted octanol–water partition coefficient (Wildman–Crippen LogP) is 4.76. The van der Waals surface area contributed by atoms with Gasteiger partial charge >= 0.3 is 0 Å². The molecule has 0 fully saturated rings. The highest BCUT2D eigenvalue weighted by Gasteiger charge is 2.30. The Labute approximate surface area is 169 Å². The van der Waals surface area contributed by atoms with Gasteiger partial charge in [-0.05, 0) is 47.4 Å². The van der Waals surface area contributed by atoms with Crippen LogP contribution in [0.1, 0.15) is 22.7 Å². The molecule has 148 valence electrons. The van der Waals surface area contributed by atoms with Gasteiger partial charge < -0.3 is 14.4 Å². The first-order valence-corrected chi connectivity index (χ1v) is 9.43. The van der Waals surface area contributed by atoms with Crippen molar-refractivity contribution in [2.24, 2.45) is 0 Å². The molecule has 1 aliphatic rings. The third-order valence-corrected chi connectivity index (χ3v) is 5.38. The Morgan fingerprint density at radius 2 is 1.62 bits per heavy atom. The highest BCUT2D eigenvalue weighted by atomic mass is 16.6. The van der Waals surface area contributed by atoms with E-state index in [1.807, 2.05) is 36.4 Å². The van der Waals surface area contributed by atoms with Gasteiger partial charge in [-0.25, -0.2) is 0 Å². The summed E-state index contributed by atoms with van der Waals surface area (Å²) in [7, 11) is 3.28. The van der Waals surface area contributed by atoms with Crippen LogP contribution in [0.25, 0.3) is 0 Å². The number of ether oxygens (including phenoxy) is 2. The minimum Gasteiger partial charge on any atom is -0.493 e. The zero-order valence-electron chi connectivity index (χ0n) is 16.4. The number of nitro benzene ring substituents is 1. The van der Waals surface area contributed by atoms with E-state index in [2.05, 4.69) is 23.1 Å². The lowest BCUT2D eigenvalue weighted by Crippen LogP contribution is -2.36. The molecule has 3 aromatic carbocycles. The smallest absolute Gasteiger partial charge is 0.269 e. The van der Waals surface area contributed by atoms with Gasteiger partial charge in [0.15, 0.2) is 11.5 Å². The van der Waals surface area contributed by atoms with Gasteiger partial charge in [-0.2, -0.15) is 0 Å². The van der Waals surface area contributed by atoms with Crippen molar-refractivity contribution in [2.45, 2.75) is 12.5 Å². The summed E-state index contributed by atoms with van der Waals surface area (Å²) in [6, 6.07) is 21.1. The van der Waals surface area contributed by atoms with Crippen LogP contribution in [0.2, 0.25) is 0 Å². The van der Waals surface area contributed by atoms with Gasteiger partial charge in [0, 0.05) is 24.4 Å². The molecule has 0 bridgehead atoms. The van der Waals surface area contributed by atoms with Crippen molar-refractivity contribution in [1.82, 2.24) is 0 Å². The maximum atomic E-state index is 11.0. The molecule has 0 radical (unpaired) electrons. The molecule has 3 aromatic rings. The number of nitro groups is 1. The van der Waals surface area contributed by atoms with Gasteiger partial charge in [-0.1, -0.05) is 30.3 Å². The molecule has 1 aliphatic heterocycles. The second kappa shape index (κ2) is 7.83. The van der Waals surface area contributed by atoms with Crippen LogP contribution < -0.4 is 14.4 Å². The van der Waals surface area contributed by atoms with Gasteiger partial charge in [-0.15, -0.1) is 0 Å². The molecular formula is C23H22N2O4. The molecule has 6 heteroatoms. The zero-order valence-corrected chi connectivity index (χ0v) is 16.4. The van der Waals surface area contributed by atoms with Crippen molar-refractivity contribution < 1.29 is 14.4 Å². The summed E-state index contributed by atoms with van der Waals surface area (Å²) in [5.74, 6) is 1.42. The fourth-order valence-corrected chi connectivity index (χ4v) is 3.98. The third kappa shape index (κ3) is 3.49. The molecule has 1 heterocycles. The van der Waals surface area contributed by atoms with E-state index in [1.165, 1.54) is 5.56 Å². The summed E-state index contributed by atoms with van der Waals surface area (Å²) < 4.78 is 11.0. The SMILES string of the molecule is COc1cc2c(cc1OC)C(c1ccccc1)N(c1ccc([N+](=O)[O-])cc1)CC2. The van der Waals surface area contributed by atoms with E-state index in [9.17, 15) is 10.1 Å². The molecule has 0 N–H and O–H groups in total.